The summed E-state index contributed by atoms with van der Waals surface area (Å²) >= 11 is 0. The summed E-state index contributed by atoms with van der Waals surface area (Å²) in [7, 11) is 0. The minimum Gasteiger partial charge on any atom is -0.325 e. The Kier molecular flexibility index (Phi) is 1.59. The van der Waals surface area contributed by atoms with Crippen LogP contribution >= 0.6 is 0 Å². The fourth-order valence-electron chi connectivity index (χ4n) is 1.36. The molecule has 0 amide bonds. The molecule has 0 unspecified atom stereocenters. The maximum atomic E-state index is 5.54. The number of pyridine rings is 1. The van der Waals surface area contributed by atoms with Crippen LogP contribution in [0.3, 0.4) is 0 Å². The van der Waals surface area contributed by atoms with E-state index in [9.17, 15) is 0 Å². The second kappa shape index (κ2) is 2.60. The van der Waals surface area contributed by atoms with Gasteiger partial charge in [-0.25, -0.2) is 4.98 Å². The van der Waals surface area contributed by atoms with Crippen molar-refractivity contribution in [1.29, 1.82) is 0 Å². The summed E-state index contributed by atoms with van der Waals surface area (Å²) in [6.07, 6.45) is 2.00. The quantitative estimate of drug-likeness (QED) is 0.680. The number of imidazole rings is 1. The van der Waals surface area contributed by atoms with Crippen molar-refractivity contribution in [3.8, 4) is 0 Å². The molecule has 2 N–H and O–H groups in total. The summed E-state index contributed by atoms with van der Waals surface area (Å²) in [5.41, 5.74) is 8.61. The molecular weight excluding hydrogens is 150 g/mol. The van der Waals surface area contributed by atoms with Crippen LogP contribution in [-0.2, 0) is 6.54 Å². The van der Waals surface area contributed by atoms with Crippen LogP contribution in [0.15, 0.2) is 24.4 Å². The number of hydrogen-bond donors (Lipinski definition) is 1. The summed E-state index contributed by atoms with van der Waals surface area (Å²) in [6.45, 7) is 2.54. The van der Waals surface area contributed by atoms with E-state index in [4.69, 9.17) is 5.73 Å². The molecular formula is C9H11N3. The molecule has 0 radical (unpaired) electrons. The molecule has 0 aromatic carbocycles. The minimum absolute atomic E-state index is 0.507. The number of nitrogens with two attached hydrogens (primary N) is 1. The normalized spacial score (nSPS) is 10.8. The van der Waals surface area contributed by atoms with Crippen molar-refractivity contribution in [1.82, 2.24) is 9.38 Å². The highest BCUT2D eigenvalue weighted by atomic mass is 15.0. The van der Waals surface area contributed by atoms with Gasteiger partial charge in [-0.15, -0.1) is 0 Å². The Labute approximate surface area is 70.8 Å². The molecule has 2 aromatic heterocycles. The third-order valence-corrected chi connectivity index (χ3v) is 2.06. The Balaban J connectivity index is 2.78. The van der Waals surface area contributed by atoms with E-state index in [2.05, 4.69) is 4.98 Å². The van der Waals surface area contributed by atoms with Gasteiger partial charge < -0.3 is 10.1 Å². The molecule has 0 spiro atoms. The molecule has 0 bridgehead atoms. The molecule has 3 nitrogen and oxygen atoms in total. The van der Waals surface area contributed by atoms with Crippen LogP contribution in [0, 0.1) is 6.92 Å². The largest absolute Gasteiger partial charge is 0.325 e. The van der Waals surface area contributed by atoms with Crippen molar-refractivity contribution in [3.05, 3.63) is 35.8 Å². The van der Waals surface area contributed by atoms with Gasteiger partial charge in [-0.3, -0.25) is 0 Å². The molecule has 2 aromatic rings. The van der Waals surface area contributed by atoms with Gasteiger partial charge in [-0.2, -0.15) is 0 Å². The van der Waals surface area contributed by atoms with E-state index in [0.29, 0.717) is 6.54 Å². The summed E-state index contributed by atoms with van der Waals surface area (Å²) in [5, 5.41) is 0. The predicted molar refractivity (Wildman–Crippen MR) is 47.8 cm³/mol. The first-order valence-corrected chi connectivity index (χ1v) is 3.95. The van der Waals surface area contributed by atoms with Crippen LogP contribution in [0.4, 0.5) is 0 Å². The second-order valence-electron chi connectivity index (χ2n) is 2.78. The highest BCUT2D eigenvalue weighted by molar-refractivity contribution is 5.42. The summed E-state index contributed by atoms with van der Waals surface area (Å²) in [4.78, 5) is 4.37. The zero-order valence-electron chi connectivity index (χ0n) is 6.99. The zero-order valence-corrected chi connectivity index (χ0v) is 6.99. The van der Waals surface area contributed by atoms with E-state index in [1.165, 1.54) is 0 Å². The Morgan fingerprint density at radius 2 is 2.33 bits per heavy atom. The Morgan fingerprint density at radius 1 is 1.50 bits per heavy atom. The van der Waals surface area contributed by atoms with Gasteiger partial charge >= 0.3 is 0 Å². The first-order valence-electron chi connectivity index (χ1n) is 3.95. The number of aromatic nitrogens is 2. The number of hydrogen-bond acceptors (Lipinski definition) is 2. The first kappa shape index (κ1) is 7.31. The molecule has 0 aliphatic heterocycles. The molecule has 2 heterocycles. The highest BCUT2D eigenvalue weighted by Crippen LogP contribution is 2.09. The van der Waals surface area contributed by atoms with Crippen LogP contribution in [0.2, 0.25) is 0 Å². The number of aryl methyl sites for hydroxylation is 1. The molecule has 12 heavy (non-hydrogen) atoms. The zero-order chi connectivity index (χ0) is 8.55. The first-order chi connectivity index (χ1) is 5.83. The Morgan fingerprint density at radius 3 is 3.00 bits per heavy atom. The van der Waals surface area contributed by atoms with Crippen molar-refractivity contribution in [2.45, 2.75) is 13.5 Å². The molecule has 3 heteroatoms. The minimum atomic E-state index is 0.507. The average Bonchev–Trinajstić information content (AvgIpc) is 2.44. The number of fused-ring (bicyclic) bond motifs is 1. The van der Waals surface area contributed by atoms with Gasteiger partial charge in [-0.1, -0.05) is 6.07 Å². The van der Waals surface area contributed by atoms with E-state index >= 15 is 0 Å². The predicted octanol–water partition coefficient (Wildman–Crippen LogP) is 1.10. The summed E-state index contributed by atoms with van der Waals surface area (Å²) < 4.78 is 2.04. The van der Waals surface area contributed by atoms with Crippen molar-refractivity contribution < 1.29 is 0 Å². The van der Waals surface area contributed by atoms with Gasteiger partial charge in [0.25, 0.3) is 0 Å². The molecule has 0 aliphatic rings. The van der Waals surface area contributed by atoms with Crippen molar-refractivity contribution in [2.24, 2.45) is 5.73 Å². The number of nitrogens with zero attached hydrogens (tertiary/aromatic N) is 2. The van der Waals surface area contributed by atoms with Crippen LogP contribution in [0.5, 0.6) is 0 Å². The lowest BCUT2D eigenvalue weighted by Crippen LogP contribution is -1.98. The lowest BCUT2D eigenvalue weighted by Gasteiger charge is -1.94. The van der Waals surface area contributed by atoms with E-state index < -0.39 is 0 Å². The second-order valence-corrected chi connectivity index (χ2v) is 2.78. The van der Waals surface area contributed by atoms with Crippen LogP contribution in [0.25, 0.3) is 5.65 Å². The van der Waals surface area contributed by atoms with Crippen LogP contribution in [0.1, 0.15) is 11.4 Å². The van der Waals surface area contributed by atoms with Crippen molar-refractivity contribution >= 4 is 5.65 Å². The SMILES string of the molecule is Cc1c(CN)nc2ccccn12. The smallest absolute Gasteiger partial charge is 0.137 e. The lowest BCUT2D eigenvalue weighted by atomic mass is 10.3. The monoisotopic (exact) mass is 161 g/mol. The molecule has 2 rings (SSSR count). The fraction of sp³-hybridized carbons (Fsp3) is 0.222. The van der Waals surface area contributed by atoms with Crippen LogP contribution < -0.4 is 5.73 Å². The molecule has 0 saturated heterocycles. The van der Waals surface area contributed by atoms with Gasteiger partial charge in [-0.05, 0) is 19.1 Å². The number of rotatable bonds is 1. The third kappa shape index (κ3) is 0.905. The molecule has 0 aliphatic carbocycles. The lowest BCUT2D eigenvalue weighted by molar-refractivity contribution is 0.982. The topological polar surface area (TPSA) is 43.3 Å². The molecule has 62 valence electrons. The Hall–Kier alpha value is -1.35. The van der Waals surface area contributed by atoms with E-state index in [1.807, 2.05) is 35.7 Å². The van der Waals surface area contributed by atoms with Gasteiger partial charge in [0.1, 0.15) is 5.65 Å². The van der Waals surface area contributed by atoms with E-state index in [0.717, 1.165) is 17.0 Å². The van der Waals surface area contributed by atoms with Gasteiger partial charge in [0, 0.05) is 18.4 Å². The highest BCUT2D eigenvalue weighted by Gasteiger charge is 2.03. The van der Waals surface area contributed by atoms with Gasteiger partial charge in [0.2, 0.25) is 0 Å². The Bertz CT molecular complexity index is 403. The van der Waals surface area contributed by atoms with Gasteiger partial charge in [0.05, 0.1) is 5.69 Å². The van der Waals surface area contributed by atoms with Crippen molar-refractivity contribution in [3.63, 3.8) is 0 Å². The van der Waals surface area contributed by atoms with Crippen LogP contribution in [-0.4, -0.2) is 9.38 Å². The van der Waals surface area contributed by atoms with Crippen molar-refractivity contribution in [2.75, 3.05) is 0 Å². The summed E-state index contributed by atoms with van der Waals surface area (Å²) in [5.74, 6) is 0. The van der Waals surface area contributed by atoms with Gasteiger partial charge in [0.15, 0.2) is 0 Å². The fourth-order valence-corrected chi connectivity index (χ4v) is 1.36. The molecule has 0 fully saturated rings. The maximum Gasteiger partial charge on any atom is 0.137 e. The molecule has 0 saturated carbocycles. The summed E-state index contributed by atoms with van der Waals surface area (Å²) in [6, 6.07) is 5.94. The standard InChI is InChI=1S/C9H11N3/c1-7-8(6-10)11-9-4-2-3-5-12(7)9/h2-5H,6,10H2,1H3. The average molecular weight is 161 g/mol. The van der Waals surface area contributed by atoms with E-state index in [1.54, 1.807) is 0 Å². The third-order valence-electron chi connectivity index (χ3n) is 2.06. The van der Waals surface area contributed by atoms with E-state index in [-0.39, 0.29) is 0 Å². The molecule has 0 atom stereocenters. The maximum absolute atomic E-state index is 5.54.